The third-order valence-corrected chi connectivity index (χ3v) is 5.15. The lowest BCUT2D eigenvalue weighted by Crippen LogP contribution is -2.70. The van der Waals surface area contributed by atoms with Crippen molar-refractivity contribution in [3.05, 3.63) is 0 Å². The number of hydrogen-bond acceptors (Lipinski definition) is 4. The van der Waals surface area contributed by atoms with Gasteiger partial charge in [0.05, 0.1) is 31.1 Å². The van der Waals surface area contributed by atoms with E-state index in [1.807, 2.05) is 6.92 Å². The number of esters is 1. The van der Waals surface area contributed by atoms with E-state index < -0.39 is 14.6 Å². The maximum atomic E-state index is 12.1. The molecule has 5 nitrogen and oxygen atoms in total. The summed E-state index contributed by atoms with van der Waals surface area (Å²) in [5.74, 6) is -0.652. The van der Waals surface area contributed by atoms with Gasteiger partial charge in [0.15, 0.2) is 9.04 Å². The van der Waals surface area contributed by atoms with Crippen LogP contribution < -0.4 is 5.32 Å². The molecular weight excluding hydrogens is 274 g/mol. The molecule has 1 N–H and O–H groups in total. The molecule has 1 saturated heterocycles. The van der Waals surface area contributed by atoms with E-state index in [9.17, 15) is 9.59 Å². The fourth-order valence-corrected chi connectivity index (χ4v) is 4.19. The Morgan fingerprint density at radius 1 is 1.30 bits per heavy atom. The Morgan fingerprint density at radius 3 is 2.20 bits per heavy atom. The molecule has 0 aromatic heterocycles. The van der Waals surface area contributed by atoms with Crippen LogP contribution in [0.15, 0.2) is 0 Å². The lowest BCUT2D eigenvalue weighted by Gasteiger charge is -2.54. The Morgan fingerprint density at radius 2 is 1.85 bits per heavy atom. The van der Waals surface area contributed by atoms with Crippen molar-refractivity contribution in [3.63, 3.8) is 0 Å². The van der Waals surface area contributed by atoms with E-state index in [0.29, 0.717) is 0 Å². The second-order valence-electron chi connectivity index (χ2n) is 6.90. The summed E-state index contributed by atoms with van der Waals surface area (Å²) in [6.07, 6.45) is 0.196. The highest BCUT2D eigenvalue weighted by atomic mass is 28.3. The largest absolute Gasteiger partial charge is 0.469 e. The van der Waals surface area contributed by atoms with Crippen molar-refractivity contribution in [3.8, 4) is 0 Å². The highest BCUT2D eigenvalue weighted by Crippen LogP contribution is 2.45. The fraction of sp³-hybridized carbons (Fsp3) is 0.857. The number of β-lactam (4-membered cyclic amide) rings is 1. The molecule has 1 rings (SSSR count). The summed E-state index contributed by atoms with van der Waals surface area (Å²) in [4.78, 5) is 23.5. The molecule has 0 saturated carbocycles. The molecular formula is C14H27NO4Si. The number of rotatable bonds is 5. The van der Waals surface area contributed by atoms with Crippen molar-refractivity contribution in [1.29, 1.82) is 0 Å². The number of carbonyl (C=O) groups excluding carboxylic acids is 2. The maximum absolute atomic E-state index is 12.1. The van der Waals surface area contributed by atoms with Crippen molar-refractivity contribution < 1.29 is 18.8 Å². The monoisotopic (exact) mass is 301 g/mol. The first kappa shape index (κ1) is 17.2. The molecule has 0 aromatic carbocycles. The van der Waals surface area contributed by atoms with Gasteiger partial charge in [0, 0.05) is 0 Å². The van der Waals surface area contributed by atoms with Crippen molar-refractivity contribution >= 4 is 20.9 Å². The average molecular weight is 301 g/mol. The quantitative estimate of drug-likeness (QED) is 0.474. The molecule has 1 heterocycles. The summed E-state index contributed by atoms with van der Waals surface area (Å²) in [7, 11) is 0.0343. The molecule has 3 atom stereocenters. The second kappa shape index (κ2) is 5.85. The number of amides is 1. The summed E-state index contributed by atoms with van der Waals surface area (Å²) >= 11 is 0. The Kier molecular flexibility index (Phi) is 5.02. The second-order valence-corrected chi connectivity index (χ2v) is 9.23. The molecule has 1 fully saturated rings. The smallest absolute Gasteiger partial charge is 0.307 e. The molecule has 0 bridgehead atoms. The summed E-state index contributed by atoms with van der Waals surface area (Å²) in [5, 5.41) is 2.80. The first-order valence-electron chi connectivity index (χ1n) is 7.08. The van der Waals surface area contributed by atoms with Crippen LogP contribution in [-0.4, -0.2) is 39.7 Å². The van der Waals surface area contributed by atoms with Crippen molar-refractivity contribution in [2.24, 2.45) is 11.3 Å². The average Bonchev–Trinajstić information content (AvgIpc) is 2.24. The molecule has 6 heteroatoms. The molecule has 0 unspecified atom stereocenters. The zero-order valence-electron chi connectivity index (χ0n) is 13.6. The van der Waals surface area contributed by atoms with E-state index in [1.165, 1.54) is 7.11 Å². The number of nitrogens with one attached hydrogen (secondary N) is 1. The SMILES string of the molecule is COC(=O)C[C@H]1NC(=O)[C@@H]1[C@@](C)(O[SiH](C)C)C(C)(C)C. The number of carbonyl (C=O) groups is 2. The number of hydrogen-bond donors (Lipinski definition) is 1. The first-order chi connectivity index (χ1) is 9.02. The van der Waals surface area contributed by atoms with E-state index >= 15 is 0 Å². The summed E-state index contributed by atoms with van der Waals surface area (Å²) in [5.41, 5.74) is -0.768. The van der Waals surface area contributed by atoms with Crippen LogP contribution >= 0.6 is 0 Å². The van der Waals surface area contributed by atoms with Gasteiger partial charge >= 0.3 is 5.97 Å². The van der Waals surface area contributed by atoms with Crippen LogP contribution in [0.2, 0.25) is 13.1 Å². The van der Waals surface area contributed by atoms with E-state index in [-0.39, 0.29) is 35.7 Å². The van der Waals surface area contributed by atoms with Crippen LogP contribution in [-0.2, 0) is 18.8 Å². The van der Waals surface area contributed by atoms with Gasteiger partial charge in [-0.3, -0.25) is 9.59 Å². The summed E-state index contributed by atoms with van der Waals surface area (Å²) in [6.45, 7) is 12.4. The van der Waals surface area contributed by atoms with Gasteiger partial charge in [-0.2, -0.15) is 0 Å². The van der Waals surface area contributed by atoms with E-state index in [0.717, 1.165) is 0 Å². The fourth-order valence-electron chi connectivity index (χ4n) is 2.71. The normalized spacial score (nSPS) is 25.7. The number of ether oxygens (including phenoxy) is 1. The standard InChI is InChI=1S/C14H27NO4Si/c1-13(2,3)14(4,19-20(6)7)11-9(15-12(11)17)8-10(16)18-5/h9,11,20H,8H2,1-7H3,(H,15,17)/t9-,11-,14-/m1/s1. The molecule has 1 amide bonds. The van der Waals surface area contributed by atoms with Crippen molar-refractivity contribution in [2.45, 2.75) is 58.9 Å². The molecule has 0 spiro atoms. The predicted molar refractivity (Wildman–Crippen MR) is 79.9 cm³/mol. The van der Waals surface area contributed by atoms with Gasteiger partial charge in [-0.25, -0.2) is 0 Å². The van der Waals surface area contributed by atoms with Crippen LogP contribution in [0.25, 0.3) is 0 Å². The summed E-state index contributed by atoms with van der Waals surface area (Å²) < 4.78 is 10.9. The van der Waals surface area contributed by atoms with Crippen LogP contribution in [0.5, 0.6) is 0 Å². The lowest BCUT2D eigenvalue weighted by atomic mass is 9.64. The van der Waals surface area contributed by atoms with Crippen LogP contribution in [0, 0.1) is 11.3 Å². The molecule has 116 valence electrons. The highest BCUT2D eigenvalue weighted by Gasteiger charge is 2.57. The van der Waals surface area contributed by atoms with Gasteiger partial charge in [0.25, 0.3) is 0 Å². The van der Waals surface area contributed by atoms with E-state index in [4.69, 9.17) is 9.16 Å². The highest BCUT2D eigenvalue weighted by molar-refractivity contribution is 6.48. The third-order valence-electron chi connectivity index (χ3n) is 4.19. The minimum Gasteiger partial charge on any atom is -0.469 e. The Balaban J connectivity index is 3.00. The minimum absolute atomic E-state index is 0.0361. The van der Waals surface area contributed by atoms with Gasteiger partial charge in [-0.1, -0.05) is 20.8 Å². The topological polar surface area (TPSA) is 64.6 Å². The number of methoxy groups -OCH3 is 1. The van der Waals surface area contributed by atoms with E-state index in [2.05, 4.69) is 39.2 Å². The van der Waals surface area contributed by atoms with Gasteiger partial charge in [-0.15, -0.1) is 0 Å². The third kappa shape index (κ3) is 3.23. The Bertz CT molecular complexity index is 391. The Labute approximate surface area is 123 Å². The lowest BCUT2D eigenvalue weighted by molar-refractivity contribution is -0.162. The van der Waals surface area contributed by atoms with Crippen LogP contribution in [0.4, 0.5) is 0 Å². The molecule has 20 heavy (non-hydrogen) atoms. The predicted octanol–water partition coefficient (Wildman–Crippen LogP) is 1.47. The maximum Gasteiger partial charge on any atom is 0.307 e. The van der Waals surface area contributed by atoms with Crippen molar-refractivity contribution in [1.82, 2.24) is 5.32 Å². The molecule has 0 aromatic rings. The summed E-state index contributed by atoms with van der Waals surface area (Å²) in [6, 6.07) is -0.202. The Hall–Kier alpha value is -0.883. The van der Waals surface area contributed by atoms with Gasteiger partial charge in [0.1, 0.15) is 0 Å². The molecule has 1 aliphatic heterocycles. The molecule has 1 aliphatic rings. The van der Waals surface area contributed by atoms with Crippen LogP contribution in [0.1, 0.15) is 34.1 Å². The van der Waals surface area contributed by atoms with Gasteiger partial charge in [0.2, 0.25) is 5.91 Å². The van der Waals surface area contributed by atoms with Gasteiger partial charge < -0.3 is 14.5 Å². The van der Waals surface area contributed by atoms with Crippen molar-refractivity contribution in [2.75, 3.05) is 7.11 Å². The minimum atomic E-state index is -1.33. The van der Waals surface area contributed by atoms with E-state index in [1.54, 1.807) is 0 Å². The van der Waals surface area contributed by atoms with Gasteiger partial charge in [-0.05, 0) is 25.4 Å². The van der Waals surface area contributed by atoms with Crippen LogP contribution in [0.3, 0.4) is 0 Å². The molecule has 0 radical (unpaired) electrons. The first-order valence-corrected chi connectivity index (χ1v) is 9.86. The molecule has 0 aliphatic carbocycles. The zero-order chi connectivity index (χ0) is 15.7. The zero-order valence-corrected chi connectivity index (χ0v) is 14.7.